The first-order chi connectivity index (χ1) is 18.1. The number of sulfonamides is 1. The van der Waals surface area contributed by atoms with E-state index in [9.17, 15) is 22.4 Å². The first kappa shape index (κ1) is 29.4. The third-order valence-corrected chi connectivity index (χ3v) is 7.84. The molecule has 1 atom stereocenters. The van der Waals surface area contributed by atoms with E-state index in [0.29, 0.717) is 24.3 Å². The van der Waals surface area contributed by atoms with Gasteiger partial charge in [-0.1, -0.05) is 50.5 Å². The molecule has 1 N–H and O–H groups in total. The number of nitrogens with one attached hydrogen (secondary N) is 1. The number of carbonyl (C=O) groups is 2. The fraction of sp³-hybridized carbons (Fsp3) is 0.500. The molecule has 2 amide bonds. The van der Waals surface area contributed by atoms with E-state index in [2.05, 4.69) is 5.32 Å². The zero-order valence-corrected chi connectivity index (χ0v) is 23.2. The van der Waals surface area contributed by atoms with Gasteiger partial charge in [-0.2, -0.15) is 0 Å². The Hall–Kier alpha value is -3.14. The van der Waals surface area contributed by atoms with Crippen molar-refractivity contribution in [1.29, 1.82) is 0 Å². The van der Waals surface area contributed by atoms with Crippen molar-refractivity contribution in [2.75, 3.05) is 23.7 Å². The van der Waals surface area contributed by atoms with Gasteiger partial charge >= 0.3 is 0 Å². The normalized spacial score (nSPS) is 14.9. The molecule has 8 nitrogen and oxygen atoms in total. The minimum Gasteiger partial charge on any atom is -0.492 e. The molecule has 0 heterocycles. The Balaban J connectivity index is 1.93. The van der Waals surface area contributed by atoms with E-state index in [1.54, 1.807) is 43.3 Å². The van der Waals surface area contributed by atoms with Gasteiger partial charge in [0.05, 0.1) is 18.6 Å². The lowest BCUT2D eigenvalue weighted by molar-refractivity contribution is -0.140. The Kier molecular flexibility index (Phi) is 10.5. The van der Waals surface area contributed by atoms with E-state index in [-0.39, 0.29) is 24.2 Å². The second-order valence-electron chi connectivity index (χ2n) is 9.59. The lowest BCUT2D eigenvalue weighted by atomic mass is 9.95. The van der Waals surface area contributed by atoms with Crippen LogP contribution in [0, 0.1) is 5.82 Å². The topological polar surface area (TPSA) is 96.0 Å². The summed E-state index contributed by atoms with van der Waals surface area (Å²) in [4.78, 5) is 28.6. The van der Waals surface area contributed by atoms with E-state index in [4.69, 9.17) is 4.74 Å². The van der Waals surface area contributed by atoms with Crippen molar-refractivity contribution in [2.45, 2.75) is 71.0 Å². The molecule has 208 valence electrons. The number of hydrogen-bond donors (Lipinski definition) is 1. The number of nitrogens with zero attached hydrogens (tertiary/aromatic N) is 2. The summed E-state index contributed by atoms with van der Waals surface area (Å²) in [6, 6.07) is 11.5. The Labute approximate surface area is 225 Å². The average molecular weight is 548 g/mol. The van der Waals surface area contributed by atoms with Crippen LogP contribution in [0.1, 0.15) is 57.9 Å². The fourth-order valence-corrected chi connectivity index (χ4v) is 5.64. The lowest BCUT2D eigenvalue weighted by Gasteiger charge is -2.34. The van der Waals surface area contributed by atoms with Crippen molar-refractivity contribution in [1.82, 2.24) is 10.2 Å². The van der Waals surface area contributed by atoms with Crippen molar-refractivity contribution in [3.05, 3.63) is 59.9 Å². The molecule has 2 aromatic carbocycles. The van der Waals surface area contributed by atoms with Crippen molar-refractivity contribution in [3.8, 4) is 5.75 Å². The van der Waals surface area contributed by atoms with Crippen molar-refractivity contribution in [2.24, 2.45) is 0 Å². The Morgan fingerprint density at radius 2 is 1.71 bits per heavy atom. The van der Waals surface area contributed by atoms with Gasteiger partial charge in [-0.3, -0.25) is 13.9 Å². The van der Waals surface area contributed by atoms with Crippen molar-refractivity contribution < 1.29 is 27.1 Å². The molecule has 2 aromatic rings. The van der Waals surface area contributed by atoms with E-state index in [1.807, 2.05) is 6.92 Å². The molecular formula is C28H38FN3O5S. The minimum atomic E-state index is -3.89. The maximum Gasteiger partial charge on any atom is 0.244 e. The molecular weight excluding hydrogens is 509 g/mol. The average Bonchev–Trinajstić information content (AvgIpc) is 2.89. The van der Waals surface area contributed by atoms with Crippen LogP contribution in [0.4, 0.5) is 10.1 Å². The number of halogens is 1. The third-order valence-electron chi connectivity index (χ3n) is 6.72. The van der Waals surface area contributed by atoms with E-state index >= 15 is 0 Å². The highest BCUT2D eigenvalue weighted by atomic mass is 32.2. The van der Waals surface area contributed by atoms with Crippen LogP contribution in [-0.4, -0.2) is 56.6 Å². The summed E-state index contributed by atoms with van der Waals surface area (Å²) >= 11 is 0. The van der Waals surface area contributed by atoms with Gasteiger partial charge in [0.25, 0.3) is 0 Å². The van der Waals surface area contributed by atoms with Gasteiger partial charge in [-0.25, -0.2) is 12.8 Å². The van der Waals surface area contributed by atoms with Crippen LogP contribution in [0.15, 0.2) is 48.5 Å². The highest BCUT2D eigenvalue weighted by Gasteiger charge is 2.33. The van der Waals surface area contributed by atoms with Gasteiger partial charge < -0.3 is 15.0 Å². The standard InChI is InChI=1S/C28H38FN3O5S/c1-4-24(28(34)30-23-11-7-6-8-12-23)31(19-21-15-17-22(29)18-16-21)27(33)20-32(38(3,35)36)25-13-9-10-14-26(25)37-5-2/h9-10,13-18,23-24H,4-8,11-12,19-20H2,1-3H3,(H,30,34). The van der Waals surface area contributed by atoms with Gasteiger partial charge in [0, 0.05) is 12.6 Å². The summed E-state index contributed by atoms with van der Waals surface area (Å²) in [5.41, 5.74) is 0.871. The second-order valence-corrected chi connectivity index (χ2v) is 11.5. The predicted molar refractivity (Wildman–Crippen MR) is 146 cm³/mol. The summed E-state index contributed by atoms with van der Waals surface area (Å²) in [6.45, 7) is 3.43. The van der Waals surface area contributed by atoms with Gasteiger partial charge in [0.2, 0.25) is 21.8 Å². The van der Waals surface area contributed by atoms with Crippen LogP contribution in [0.2, 0.25) is 0 Å². The van der Waals surface area contributed by atoms with Crippen LogP contribution in [0.25, 0.3) is 0 Å². The number of rotatable bonds is 12. The number of hydrogen-bond acceptors (Lipinski definition) is 5. The van der Waals surface area contributed by atoms with Gasteiger partial charge in [-0.15, -0.1) is 0 Å². The van der Waals surface area contributed by atoms with Crippen LogP contribution in [-0.2, 0) is 26.2 Å². The molecule has 0 spiro atoms. The van der Waals surface area contributed by atoms with E-state index < -0.39 is 34.3 Å². The van der Waals surface area contributed by atoms with Crippen molar-refractivity contribution >= 4 is 27.5 Å². The highest BCUT2D eigenvalue weighted by Crippen LogP contribution is 2.30. The molecule has 0 radical (unpaired) electrons. The summed E-state index contributed by atoms with van der Waals surface area (Å²) in [6.07, 6.45) is 6.38. The number of benzene rings is 2. The molecule has 1 aliphatic rings. The quantitative estimate of drug-likeness (QED) is 0.429. The zero-order chi connectivity index (χ0) is 27.7. The second kappa shape index (κ2) is 13.6. The SMILES string of the molecule is CCOc1ccccc1N(CC(=O)N(Cc1ccc(F)cc1)C(CC)C(=O)NC1CCCCC1)S(C)(=O)=O. The fourth-order valence-electron chi connectivity index (χ4n) is 4.79. The highest BCUT2D eigenvalue weighted by molar-refractivity contribution is 7.92. The molecule has 0 aromatic heterocycles. The molecule has 1 saturated carbocycles. The van der Waals surface area contributed by atoms with Crippen LogP contribution >= 0.6 is 0 Å². The Bertz CT molecular complexity index is 1180. The summed E-state index contributed by atoms with van der Waals surface area (Å²) < 4.78 is 45.9. The molecule has 10 heteroatoms. The minimum absolute atomic E-state index is 0.0282. The Morgan fingerprint density at radius 1 is 1.05 bits per heavy atom. The molecule has 0 saturated heterocycles. The van der Waals surface area contributed by atoms with E-state index in [1.165, 1.54) is 17.0 Å². The number of ether oxygens (including phenoxy) is 1. The number of para-hydroxylation sites is 2. The summed E-state index contributed by atoms with van der Waals surface area (Å²) in [7, 11) is -3.89. The van der Waals surface area contributed by atoms with Gasteiger partial charge in [0.15, 0.2) is 0 Å². The summed E-state index contributed by atoms with van der Waals surface area (Å²) in [5, 5.41) is 3.10. The van der Waals surface area contributed by atoms with Gasteiger partial charge in [0.1, 0.15) is 24.2 Å². The molecule has 0 bridgehead atoms. The monoisotopic (exact) mass is 547 g/mol. The van der Waals surface area contributed by atoms with Crippen molar-refractivity contribution in [3.63, 3.8) is 0 Å². The first-order valence-electron chi connectivity index (χ1n) is 13.2. The molecule has 1 fully saturated rings. The smallest absolute Gasteiger partial charge is 0.244 e. The summed E-state index contributed by atoms with van der Waals surface area (Å²) in [5.74, 6) is -0.892. The molecule has 38 heavy (non-hydrogen) atoms. The molecule has 1 unspecified atom stereocenters. The maximum atomic E-state index is 13.8. The molecule has 0 aliphatic heterocycles. The Morgan fingerprint density at radius 3 is 2.32 bits per heavy atom. The molecule has 1 aliphatic carbocycles. The number of amides is 2. The first-order valence-corrected chi connectivity index (χ1v) is 15.0. The van der Waals surface area contributed by atoms with Crippen LogP contribution in [0.5, 0.6) is 5.75 Å². The largest absolute Gasteiger partial charge is 0.492 e. The lowest BCUT2D eigenvalue weighted by Crippen LogP contribution is -2.54. The molecule has 3 rings (SSSR count). The predicted octanol–water partition coefficient (Wildman–Crippen LogP) is 4.25. The van der Waals surface area contributed by atoms with Crippen LogP contribution < -0.4 is 14.4 Å². The zero-order valence-electron chi connectivity index (χ0n) is 22.4. The number of anilines is 1. The third kappa shape index (κ3) is 7.93. The number of carbonyl (C=O) groups excluding carboxylic acids is 2. The van der Waals surface area contributed by atoms with Crippen LogP contribution in [0.3, 0.4) is 0 Å². The maximum absolute atomic E-state index is 13.8. The van der Waals surface area contributed by atoms with E-state index in [0.717, 1.165) is 42.7 Å². The van der Waals surface area contributed by atoms with Gasteiger partial charge in [-0.05, 0) is 56.0 Å².